The Kier molecular flexibility index (Phi) is 4.11. The quantitative estimate of drug-likeness (QED) is 0.864. The predicted octanol–water partition coefficient (Wildman–Crippen LogP) is 3.82. The first-order chi connectivity index (χ1) is 10.2. The van der Waals surface area contributed by atoms with Gasteiger partial charge in [0.1, 0.15) is 5.82 Å². The molecule has 0 saturated carbocycles. The van der Waals surface area contributed by atoms with Crippen molar-refractivity contribution in [3.63, 3.8) is 0 Å². The van der Waals surface area contributed by atoms with Gasteiger partial charge >= 0.3 is 0 Å². The summed E-state index contributed by atoms with van der Waals surface area (Å²) in [7, 11) is 0. The lowest BCUT2D eigenvalue weighted by molar-refractivity contribution is 0.0971. The Balaban J connectivity index is 1.71. The average Bonchev–Trinajstić information content (AvgIpc) is 3.01. The number of halogens is 1. The minimum Gasteiger partial charge on any atom is -0.314 e. The SMILES string of the molecule is O=C(CC1CCCN1)c1ccc(-c2ccc(F)cc2)cc1. The van der Waals surface area contributed by atoms with E-state index >= 15 is 0 Å². The molecule has 1 aliphatic rings. The van der Waals surface area contributed by atoms with Crippen molar-refractivity contribution >= 4 is 5.78 Å². The van der Waals surface area contributed by atoms with Crippen LogP contribution in [0.3, 0.4) is 0 Å². The molecule has 2 nitrogen and oxygen atoms in total. The van der Waals surface area contributed by atoms with E-state index in [2.05, 4.69) is 5.32 Å². The van der Waals surface area contributed by atoms with E-state index in [0.717, 1.165) is 36.1 Å². The highest BCUT2D eigenvalue weighted by molar-refractivity contribution is 5.96. The van der Waals surface area contributed by atoms with Crippen LogP contribution in [0, 0.1) is 5.82 Å². The van der Waals surface area contributed by atoms with Crippen LogP contribution in [0.4, 0.5) is 4.39 Å². The Hall–Kier alpha value is -2.00. The van der Waals surface area contributed by atoms with Crippen LogP contribution in [0.15, 0.2) is 48.5 Å². The van der Waals surface area contributed by atoms with Gasteiger partial charge in [-0.15, -0.1) is 0 Å². The lowest BCUT2D eigenvalue weighted by atomic mass is 9.99. The summed E-state index contributed by atoms with van der Waals surface area (Å²) in [5, 5.41) is 3.34. The normalized spacial score (nSPS) is 17.9. The molecule has 3 heteroatoms. The maximum Gasteiger partial charge on any atom is 0.164 e. The van der Waals surface area contributed by atoms with Crippen molar-refractivity contribution in [1.82, 2.24) is 5.32 Å². The second-order valence-corrected chi connectivity index (χ2v) is 5.50. The summed E-state index contributed by atoms with van der Waals surface area (Å²) >= 11 is 0. The van der Waals surface area contributed by atoms with Gasteiger partial charge in [-0.05, 0) is 42.6 Å². The molecule has 0 spiro atoms. The number of hydrogen-bond acceptors (Lipinski definition) is 2. The standard InChI is InChI=1S/C18H18FNO/c19-16-9-7-14(8-10-16)13-3-5-15(6-4-13)18(21)12-17-2-1-11-20-17/h3-10,17,20H,1-2,11-12H2. The van der Waals surface area contributed by atoms with Gasteiger partial charge in [0.25, 0.3) is 0 Å². The Morgan fingerprint density at radius 1 is 1.05 bits per heavy atom. The minimum atomic E-state index is -0.241. The molecule has 0 bridgehead atoms. The fourth-order valence-corrected chi connectivity index (χ4v) is 2.76. The van der Waals surface area contributed by atoms with Crippen LogP contribution in [0.25, 0.3) is 11.1 Å². The summed E-state index contributed by atoms with van der Waals surface area (Å²) in [4.78, 5) is 12.2. The predicted molar refractivity (Wildman–Crippen MR) is 81.8 cm³/mol. The fraction of sp³-hybridized carbons (Fsp3) is 0.278. The van der Waals surface area contributed by atoms with Crippen molar-refractivity contribution < 1.29 is 9.18 Å². The Morgan fingerprint density at radius 2 is 1.67 bits per heavy atom. The van der Waals surface area contributed by atoms with Crippen molar-refractivity contribution in [3.05, 3.63) is 59.9 Å². The smallest absolute Gasteiger partial charge is 0.164 e. The Morgan fingerprint density at radius 3 is 2.24 bits per heavy atom. The van der Waals surface area contributed by atoms with Gasteiger partial charge in [0.2, 0.25) is 0 Å². The fourth-order valence-electron chi connectivity index (χ4n) is 2.76. The van der Waals surface area contributed by atoms with E-state index in [1.54, 1.807) is 12.1 Å². The molecular formula is C18H18FNO. The third-order valence-electron chi connectivity index (χ3n) is 3.98. The van der Waals surface area contributed by atoms with Gasteiger partial charge < -0.3 is 5.32 Å². The molecule has 1 atom stereocenters. The zero-order valence-corrected chi connectivity index (χ0v) is 11.8. The van der Waals surface area contributed by atoms with Crippen molar-refractivity contribution in [3.8, 4) is 11.1 Å². The zero-order chi connectivity index (χ0) is 14.7. The monoisotopic (exact) mass is 283 g/mol. The number of nitrogens with one attached hydrogen (secondary N) is 1. The first kappa shape index (κ1) is 14.0. The van der Waals surface area contributed by atoms with E-state index in [1.807, 2.05) is 24.3 Å². The minimum absolute atomic E-state index is 0.181. The number of Topliss-reactive ketones (excluding diaryl/α,β-unsaturated/α-hetero) is 1. The molecule has 1 fully saturated rings. The molecule has 2 aromatic carbocycles. The van der Waals surface area contributed by atoms with Crippen LogP contribution < -0.4 is 5.32 Å². The molecule has 3 rings (SSSR count). The maximum absolute atomic E-state index is 12.9. The van der Waals surface area contributed by atoms with Gasteiger partial charge in [-0.3, -0.25) is 4.79 Å². The molecule has 1 N–H and O–H groups in total. The van der Waals surface area contributed by atoms with Crippen LogP contribution in [0.1, 0.15) is 29.6 Å². The molecule has 0 radical (unpaired) electrons. The molecular weight excluding hydrogens is 265 g/mol. The van der Waals surface area contributed by atoms with Crippen LogP contribution in [-0.2, 0) is 0 Å². The highest BCUT2D eigenvalue weighted by Crippen LogP contribution is 2.21. The zero-order valence-electron chi connectivity index (χ0n) is 11.8. The molecule has 21 heavy (non-hydrogen) atoms. The summed E-state index contributed by atoms with van der Waals surface area (Å²) in [6.07, 6.45) is 2.80. The number of ketones is 1. The second-order valence-electron chi connectivity index (χ2n) is 5.50. The second kappa shape index (κ2) is 6.19. The van der Waals surface area contributed by atoms with Crippen LogP contribution >= 0.6 is 0 Å². The van der Waals surface area contributed by atoms with Gasteiger partial charge in [-0.25, -0.2) is 4.39 Å². The van der Waals surface area contributed by atoms with Gasteiger partial charge in [-0.1, -0.05) is 36.4 Å². The summed E-state index contributed by atoms with van der Waals surface area (Å²) in [5.41, 5.74) is 2.69. The molecule has 0 amide bonds. The Bertz CT molecular complexity index is 613. The lowest BCUT2D eigenvalue weighted by Crippen LogP contribution is -2.24. The summed E-state index contributed by atoms with van der Waals surface area (Å²) < 4.78 is 12.9. The third kappa shape index (κ3) is 3.37. The number of carbonyl (C=O) groups excluding carboxylic acids is 1. The van der Waals surface area contributed by atoms with Crippen LogP contribution in [-0.4, -0.2) is 18.4 Å². The van der Waals surface area contributed by atoms with Gasteiger partial charge in [-0.2, -0.15) is 0 Å². The molecule has 1 unspecified atom stereocenters. The van der Waals surface area contributed by atoms with Gasteiger partial charge in [0.05, 0.1) is 0 Å². The summed E-state index contributed by atoms with van der Waals surface area (Å²) in [6, 6.07) is 14.3. The molecule has 1 saturated heterocycles. The van der Waals surface area contributed by atoms with Crippen molar-refractivity contribution in [2.24, 2.45) is 0 Å². The third-order valence-corrected chi connectivity index (χ3v) is 3.98. The van der Waals surface area contributed by atoms with E-state index in [9.17, 15) is 9.18 Å². The summed E-state index contributed by atoms with van der Waals surface area (Å²) in [6.45, 7) is 1.02. The maximum atomic E-state index is 12.9. The summed E-state index contributed by atoms with van der Waals surface area (Å²) in [5.74, 6) is -0.0605. The van der Waals surface area contributed by atoms with Crippen LogP contribution in [0.5, 0.6) is 0 Å². The first-order valence-electron chi connectivity index (χ1n) is 7.35. The van der Waals surface area contributed by atoms with Gasteiger partial charge in [0.15, 0.2) is 5.78 Å². The van der Waals surface area contributed by atoms with E-state index < -0.39 is 0 Å². The van der Waals surface area contributed by atoms with Crippen molar-refractivity contribution in [2.45, 2.75) is 25.3 Å². The number of hydrogen-bond donors (Lipinski definition) is 1. The molecule has 0 aliphatic carbocycles. The highest BCUT2D eigenvalue weighted by atomic mass is 19.1. The van der Waals surface area contributed by atoms with Crippen molar-refractivity contribution in [1.29, 1.82) is 0 Å². The number of benzene rings is 2. The topological polar surface area (TPSA) is 29.1 Å². The Labute approximate surface area is 124 Å². The first-order valence-corrected chi connectivity index (χ1v) is 7.35. The lowest BCUT2D eigenvalue weighted by Gasteiger charge is -2.09. The van der Waals surface area contributed by atoms with Crippen molar-refractivity contribution in [2.75, 3.05) is 6.54 Å². The number of carbonyl (C=O) groups is 1. The highest BCUT2D eigenvalue weighted by Gasteiger charge is 2.18. The van der Waals surface area contributed by atoms with Crippen LogP contribution in [0.2, 0.25) is 0 Å². The van der Waals surface area contributed by atoms with Gasteiger partial charge in [0, 0.05) is 18.0 Å². The van der Waals surface area contributed by atoms with E-state index in [1.165, 1.54) is 12.1 Å². The van der Waals surface area contributed by atoms with E-state index in [4.69, 9.17) is 0 Å². The molecule has 108 valence electrons. The molecule has 2 aromatic rings. The molecule has 1 heterocycles. The van der Waals surface area contributed by atoms with E-state index in [0.29, 0.717) is 12.5 Å². The number of rotatable bonds is 4. The molecule has 1 aliphatic heterocycles. The average molecular weight is 283 g/mol. The van der Waals surface area contributed by atoms with E-state index in [-0.39, 0.29) is 11.6 Å². The molecule has 0 aromatic heterocycles. The largest absolute Gasteiger partial charge is 0.314 e.